The summed E-state index contributed by atoms with van der Waals surface area (Å²) in [6.07, 6.45) is 0. The Labute approximate surface area is 145 Å². The number of hydrogen-bond acceptors (Lipinski definition) is 4. The number of benzene rings is 1. The average molecular weight is 354 g/mol. The standard InChI is InChI=1S/C16H20ClN3O2S/c1-11(2)15(21)19-7-5-18(6-8-19)10-20-13-4-3-12(17)9-14(13)22-16(20)23/h3-4,9,11H,5-8,10H2,1-2H3. The Hall–Kier alpha value is -1.37. The van der Waals surface area contributed by atoms with Crippen LogP contribution in [0.2, 0.25) is 5.02 Å². The molecule has 2 aromatic rings. The molecule has 1 aromatic carbocycles. The first-order valence-corrected chi connectivity index (χ1v) is 8.54. The number of aromatic nitrogens is 1. The van der Waals surface area contributed by atoms with Crippen molar-refractivity contribution in [2.45, 2.75) is 20.5 Å². The van der Waals surface area contributed by atoms with Crippen LogP contribution in [-0.4, -0.2) is 46.5 Å². The molecule has 1 saturated heterocycles. The van der Waals surface area contributed by atoms with E-state index in [-0.39, 0.29) is 11.8 Å². The predicted molar refractivity (Wildman–Crippen MR) is 93.0 cm³/mol. The van der Waals surface area contributed by atoms with Gasteiger partial charge in [-0.05, 0) is 24.4 Å². The number of carbonyl (C=O) groups is 1. The highest BCUT2D eigenvalue weighted by molar-refractivity contribution is 7.71. The van der Waals surface area contributed by atoms with Crippen molar-refractivity contribution in [3.8, 4) is 0 Å². The molecule has 0 radical (unpaired) electrons. The Morgan fingerprint density at radius 2 is 2.00 bits per heavy atom. The maximum atomic E-state index is 12.0. The Morgan fingerprint density at radius 1 is 1.30 bits per heavy atom. The number of oxazole rings is 1. The molecular weight excluding hydrogens is 334 g/mol. The van der Waals surface area contributed by atoms with Gasteiger partial charge in [-0.3, -0.25) is 14.3 Å². The van der Waals surface area contributed by atoms with Gasteiger partial charge in [0.2, 0.25) is 5.91 Å². The molecule has 1 amide bonds. The van der Waals surface area contributed by atoms with Gasteiger partial charge in [0.1, 0.15) is 0 Å². The second kappa shape index (κ2) is 6.63. The van der Waals surface area contributed by atoms with Gasteiger partial charge in [0.05, 0.1) is 12.2 Å². The van der Waals surface area contributed by atoms with Crippen LogP contribution in [0.4, 0.5) is 0 Å². The van der Waals surface area contributed by atoms with Crippen molar-refractivity contribution in [3.63, 3.8) is 0 Å². The summed E-state index contributed by atoms with van der Waals surface area (Å²) in [5, 5.41) is 0.634. The first-order chi connectivity index (χ1) is 11.0. The normalized spacial score (nSPS) is 16.4. The second-order valence-corrected chi connectivity index (χ2v) is 6.93. The van der Waals surface area contributed by atoms with E-state index in [0.29, 0.717) is 22.1 Å². The minimum atomic E-state index is 0.0535. The summed E-state index contributed by atoms with van der Waals surface area (Å²) >= 11 is 11.3. The first kappa shape index (κ1) is 16.5. The SMILES string of the molecule is CC(C)C(=O)N1CCN(Cn2c(=S)oc3cc(Cl)ccc32)CC1. The molecule has 0 spiro atoms. The Balaban J connectivity index is 1.71. The molecule has 7 heteroatoms. The van der Waals surface area contributed by atoms with E-state index in [1.54, 1.807) is 6.07 Å². The van der Waals surface area contributed by atoms with Crippen LogP contribution in [0.15, 0.2) is 22.6 Å². The molecule has 23 heavy (non-hydrogen) atoms. The fourth-order valence-electron chi connectivity index (χ4n) is 2.85. The summed E-state index contributed by atoms with van der Waals surface area (Å²) in [4.78, 5) is 16.7. The van der Waals surface area contributed by atoms with Gasteiger partial charge >= 0.3 is 0 Å². The summed E-state index contributed by atoms with van der Waals surface area (Å²) in [6, 6.07) is 5.54. The highest BCUT2D eigenvalue weighted by Gasteiger charge is 2.23. The van der Waals surface area contributed by atoms with E-state index in [1.807, 2.05) is 35.4 Å². The molecule has 0 N–H and O–H groups in total. The number of carbonyl (C=O) groups excluding carboxylic acids is 1. The van der Waals surface area contributed by atoms with Crippen LogP contribution in [0.5, 0.6) is 0 Å². The molecule has 0 unspecified atom stereocenters. The molecule has 1 aromatic heterocycles. The Morgan fingerprint density at radius 3 is 2.65 bits per heavy atom. The van der Waals surface area contributed by atoms with E-state index in [1.165, 1.54) is 0 Å². The monoisotopic (exact) mass is 353 g/mol. The van der Waals surface area contributed by atoms with Crippen molar-refractivity contribution >= 4 is 40.8 Å². The second-order valence-electron chi connectivity index (χ2n) is 6.15. The smallest absolute Gasteiger partial charge is 0.270 e. The van der Waals surface area contributed by atoms with E-state index in [0.717, 1.165) is 31.7 Å². The molecule has 0 bridgehead atoms. The summed E-state index contributed by atoms with van der Waals surface area (Å²) in [6.45, 7) is 7.73. The van der Waals surface area contributed by atoms with Crippen LogP contribution in [-0.2, 0) is 11.5 Å². The van der Waals surface area contributed by atoms with E-state index in [4.69, 9.17) is 28.2 Å². The summed E-state index contributed by atoms with van der Waals surface area (Å²) in [5.41, 5.74) is 1.65. The predicted octanol–water partition coefficient (Wildman–Crippen LogP) is 3.37. The van der Waals surface area contributed by atoms with E-state index < -0.39 is 0 Å². The lowest BCUT2D eigenvalue weighted by Gasteiger charge is -2.35. The third kappa shape index (κ3) is 3.44. The van der Waals surface area contributed by atoms with Gasteiger partial charge < -0.3 is 9.32 Å². The Bertz CT molecular complexity index is 775. The van der Waals surface area contributed by atoms with Crippen LogP contribution in [0, 0.1) is 10.8 Å². The van der Waals surface area contributed by atoms with Crippen molar-refractivity contribution in [1.82, 2.24) is 14.4 Å². The van der Waals surface area contributed by atoms with Crippen LogP contribution < -0.4 is 0 Å². The van der Waals surface area contributed by atoms with Gasteiger partial charge in [-0.1, -0.05) is 25.4 Å². The number of amides is 1. The fraction of sp³-hybridized carbons (Fsp3) is 0.500. The van der Waals surface area contributed by atoms with Crippen LogP contribution in [0.3, 0.4) is 0 Å². The fourth-order valence-corrected chi connectivity index (χ4v) is 3.26. The van der Waals surface area contributed by atoms with Crippen LogP contribution in [0.25, 0.3) is 11.1 Å². The highest BCUT2D eigenvalue weighted by atomic mass is 35.5. The first-order valence-electron chi connectivity index (χ1n) is 7.76. The topological polar surface area (TPSA) is 41.6 Å². The average Bonchev–Trinajstić information content (AvgIpc) is 2.82. The van der Waals surface area contributed by atoms with Gasteiger partial charge in [0.25, 0.3) is 4.84 Å². The molecular formula is C16H20ClN3O2S. The maximum Gasteiger partial charge on any atom is 0.270 e. The van der Waals surface area contributed by atoms with E-state index in [9.17, 15) is 4.79 Å². The number of piperazine rings is 1. The zero-order chi connectivity index (χ0) is 16.6. The van der Waals surface area contributed by atoms with Crippen molar-refractivity contribution in [3.05, 3.63) is 28.1 Å². The molecule has 0 atom stereocenters. The molecule has 1 aliphatic rings. The van der Waals surface area contributed by atoms with Crippen molar-refractivity contribution < 1.29 is 9.21 Å². The van der Waals surface area contributed by atoms with Gasteiger partial charge in [-0.25, -0.2) is 0 Å². The molecule has 3 rings (SSSR count). The third-order valence-corrected chi connectivity index (χ3v) is 4.69. The number of hydrogen-bond donors (Lipinski definition) is 0. The molecule has 0 aliphatic carbocycles. The highest BCUT2D eigenvalue weighted by Crippen LogP contribution is 2.22. The van der Waals surface area contributed by atoms with Crippen molar-refractivity contribution in [2.75, 3.05) is 26.2 Å². The quantitative estimate of drug-likeness (QED) is 0.793. The number of nitrogens with zero attached hydrogens (tertiary/aromatic N) is 3. The lowest BCUT2D eigenvalue weighted by Crippen LogP contribution is -2.50. The summed E-state index contributed by atoms with van der Waals surface area (Å²) in [5.74, 6) is 0.280. The van der Waals surface area contributed by atoms with Crippen molar-refractivity contribution in [2.24, 2.45) is 5.92 Å². The number of halogens is 1. The van der Waals surface area contributed by atoms with Crippen LogP contribution in [0.1, 0.15) is 13.8 Å². The maximum absolute atomic E-state index is 12.0. The van der Waals surface area contributed by atoms with Gasteiger partial charge in [0, 0.05) is 43.2 Å². The zero-order valence-electron chi connectivity index (χ0n) is 13.3. The minimum Gasteiger partial charge on any atom is -0.429 e. The largest absolute Gasteiger partial charge is 0.429 e. The molecule has 124 valence electrons. The lowest BCUT2D eigenvalue weighted by molar-refractivity contribution is -0.136. The minimum absolute atomic E-state index is 0.0535. The molecule has 1 aliphatic heterocycles. The van der Waals surface area contributed by atoms with Crippen LogP contribution >= 0.6 is 23.8 Å². The summed E-state index contributed by atoms with van der Waals surface area (Å²) < 4.78 is 7.59. The van der Waals surface area contributed by atoms with Crippen molar-refractivity contribution in [1.29, 1.82) is 0 Å². The number of rotatable bonds is 3. The Kier molecular flexibility index (Phi) is 4.75. The lowest BCUT2D eigenvalue weighted by atomic mass is 10.1. The van der Waals surface area contributed by atoms with Gasteiger partial charge in [-0.2, -0.15) is 0 Å². The molecule has 1 fully saturated rings. The third-order valence-electron chi connectivity index (χ3n) is 4.15. The van der Waals surface area contributed by atoms with E-state index in [2.05, 4.69) is 4.90 Å². The zero-order valence-corrected chi connectivity index (χ0v) is 14.9. The molecule has 2 heterocycles. The summed E-state index contributed by atoms with van der Waals surface area (Å²) in [7, 11) is 0. The van der Waals surface area contributed by atoms with Gasteiger partial charge in [-0.15, -0.1) is 0 Å². The molecule has 0 saturated carbocycles. The number of fused-ring (bicyclic) bond motifs is 1. The van der Waals surface area contributed by atoms with Gasteiger partial charge in [0.15, 0.2) is 5.58 Å². The van der Waals surface area contributed by atoms with E-state index >= 15 is 0 Å². The molecule has 5 nitrogen and oxygen atoms in total.